The van der Waals surface area contributed by atoms with Gasteiger partial charge in [-0.15, -0.1) is 0 Å². The number of rotatable bonds is 6. The van der Waals surface area contributed by atoms with E-state index in [9.17, 15) is 12.6 Å². The molecule has 0 radical (unpaired) electrons. The molecule has 0 bridgehead atoms. The Labute approximate surface area is 128 Å². The third kappa shape index (κ3) is 4.38. The van der Waals surface area contributed by atoms with E-state index in [1.807, 2.05) is 0 Å². The normalized spacial score (nSPS) is 18.4. The Hall–Kier alpha value is -0.700. The van der Waals surface area contributed by atoms with E-state index in [1.54, 1.807) is 6.07 Å². The molecule has 1 aliphatic heterocycles. The van der Waals surface area contributed by atoms with Gasteiger partial charge in [0.25, 0.3) is 10.0 Å². The number of hydrogen-bond acceptors (Lipinski definition) is 5. The Morgan fingerprint density at radius 3 is 2.62 bits per heavy atom. The molecular formula is C13H22N2O4S2. The highest BCUT2D eigenvalue weighted by Crippen LogP contribution is 2.20. The first-order valence-electron chi connectivity index (χ1n) is 7.04. The zero-order chi connectivity index (χ0) is 15.5. The van der Waals surface area contributed by atoms with Gasteiger partial charge >= 0.3 is 0 Å². The van der Waals surface area contributed by atoms with Crippen LogP contribution in [0.2, 0.25) is 0 Å². The molecular weight excluding hydrogens is 312 g/mol. The number of hydrogen-bond donors (Lipinski definition) is 1. The lowest BCUT2D eigenvalue weighted by atomic mass is 10.2. The van der Waals surface area contributed by atoms with Crippen molar-refractivity contribution in [2.45, 2.75) is 25.5 Å². The third-order valence-corrected chi connectivity index (χ3v) is 6.27. The van der Waals surface area contributed by atoms with Crippen LogP contribution in [0.3, 0.4) is 0 Å². The van der Waals surface area contributed by atoms with Gasteiger partial charge in [-0.2, -0.15) is 4.31 Å². The second-order valence-corrected chi connectivity index (χ2v) is 9.06. The van der Waals surface area contributed by atoms with E-state index in [1.165, 1.54) is 10.4 Å². The Morgan fingerprint density at radius 1 is 1.33 bits per heavy atom. The van der Waals surface area contributed by atoms with Crippen LogP contribution in [-0.4, -0.2) is 48.1 Å². The molecule has 6 nitrogen and oxygen atoms in total. The van der Waals surface area contributed by atoms with Crippen LogP contribution in [0.25, 0.3) is 0 Å². The lowest BCUT2D eigenvalue weighted by Crippen LogP contribution is -2.41. The molecule has 1 aromatic heterocycles. The van der Waals surface area contributed by atoms with Crippen molar-refractivity contribution in [3.8, 4) is 0 Å². The SMILES string of the molecule is CC(C)CNCc1ccc(S(=O)(=O)N2CCS(=O)CC2)o1. The van der Waals surface area contributed by atoms with E-state index in [-0.39, 0.29) is 18.2 Å². The van der Waals surface area contributed by atoms with Gasteiger partial charge in [0.2, 0.25) is 5.09 Å². The van der Waals surface area contributed by atoms with Gasteiger partial charge in [0, 0.05) is 35.4 Å². The van der Waals surface area contributed by atoms with E-state index in [2.05, 4.69) is 19.2 Å². The molecule has 2 rings (SSSR count). The summed E-state index contributed by atoms with van der Waals surface area (Å²) in [6.07, 6.45) is 0. The van der Waals surface area contributed by atoms with Gasteiger partial charge in [-0.1, -0.05) is 13.8 Å². The number of nitrogens with one attached hydrogen (secondary N) is 1. The largest absolute Gasteiger partial charge is 0.447 e. The Morgan fingerprint density at radius 2 is 2.00 bits per heavy atom. The fourth-order valence-corrected chi connectivity index (χ4v) is 4.72. The highest BCUT2D eigenvalue weighted by molar-refractivity contribution is 7.89. The van der Waals surface area contributed by atoms with Crippen LogP contribution in [0.4, 0.5) is 0 Å². The van der Waals surface area contributed by atoms with E-state index < -0.39 is 20.8 Å². The minimum absolute atomic E-state index is 0.0310. The molecule has 1 aliphatic rings. The van der Waals surface area contributed by atoms with Crippen molar-refractivity contribution in [3.05, 3.63) is 17.9 Å². The van der Waals surface area contributed by atoms with Crippen molar-refractivity contribution in [2.24, 2.45) is 5.92 Å². The number of nitrogens with zero attached hydrogens (tertiary/aromatic N) is 1. The summed E-state index contributed by atoms with van der Waals surface area (Å²) in [5.41, 5.74) is 0. The molecule has 21 heavy (non-hydrogen) atoms. The molecule has 0 unspecified atom stereocenters. The average molecular weight is 334 g/mol. The summed E-state index contributed by atoms with van der Waals surface area (Å²) >= 11 is 0. The summed E-state index contributed by atoms with van der Waals surface area (Å²) < 4.78 is 42.9. The molecule has 0 atom stereocenters. The van der Waals surface area contributed by atoms with E-state index >= 15 is 0 Å². The van der Waals surface area contributed by atoms with Crippen molar-refractivity contribution in [1.29, 1.82) is 0 Å². The molecule has 1 saturated heterocycles. The first kappa shape index (κ1) is 16.7. The molecule has 0 aromatic carbocycles. The van der Waals surface area contributed by atoms with Crippen LogP contribution >= 0.6 is 0 Å². The van der Waals surface area contributed by atoms with Gasteiger partial charge in [0.05, 0.1) is 6.54 Å². The highest BCUT2D eigenvalue weighted by Gasteiger charge is 2.30. The molecule has 0 amide bonds. The second-order valence-electron chi connectivity index (χ2n) is 5.50. The van der Waals surface area contributed by atoms with Crippen molar-refractivity contribution in [3.63, 3.8) is 0 Å². The minimum atomic E-state index is -3.60. The fraction of sp³-hybridized carbons (Fsp3) is 0.692. The fourth-order valence-electron chi connectivity index (χ4n) is 2.06. The molecule has 120 valence electrons. The van der Waals surface area contributed by atoms with Crippen LogP contribution in [0.5, 0.6) is 0 Å². The summed E-state index contributed by atoms with van der Waals surface area (Å²) in [6.45, 7) is 6.14. The van der Waals surface area contributed by atoms with E-state index in [4.69, 9.17) is 4.42 Å². The topological polar surface area (TPSA) is 79.6 Å². The molecule has 1 aromatic rings. The maximum Gasteiger partial charge on any atom is 0.276 e. The molecule has 1 N–H and O–H groups in total. The molecule has 8 heteroatoms. The molecule has 2 heterocycles. The maximum atomic E-state index is 12.4. The van der Waals surface area contributed by atoms with E-state index in [0.717, 1.165) is 6.54 Å². The monoisotopic (exact) mass is 334 g/mol. The zero-order valence-corrected chi connectivity index (χ0v) is 14.0. The molecule has 0 aliphatic carbocycles. The first-order chi connectivity index (χ1) is 9.89. The van der Waals surface area contributed by atoms with Gasteiger partial charge < -0.3 is 9.73 Å². The number of sulfonamides is 1. The highest BCUT2D eigenvalue weighted by atomic mass is 32.2. The summed E-state index contributed by atoms with van der Waals surface area (Å²) in [7, 11) is -4.50. The van der Waals surface area contributed by atoms with E-state index in [0.29, 0.717) is 29.7 Å². The number of furan rings is 1. The van der Waals surface area contributed by atoms with Gasteiger partial charge in [0.15, 0.2) is 0 Å². The standard InChI is InChI=1S/C13H22N2O4S2/c1-11(2)9-14-10-12-3-4-13(19-12)21(17,18)15-5-7-20(16)8-6-15/h3-4,11,14H,5-10H2,1-2H3. The predicted molar refractivity (Wildman–Crippen MR) is 81.9 cm³/mol. The van der Waals surface area contributed by atoms with Crippen molar-refractivity contribution in [1.82, 2.24) is 9.62 Å². The van der Waals surface area contributed by atoms with Crippen molar-refractivity contribution in [2.75, 3.05) is 31.1 Å². The van der Waals surface area contributed by atoms with Gasteiger partial charge in [-0.25, -0.2) is 8.42 Å². The zero-order valence-electron chi connectivity index (χ0n) is 12.4. The lowest BCUT2D eigenvalue weighted by Gasteiger charge is -2.24. The average Bonchev–Trinajstić information content (AvgIpc) is 2.88. The molecule has 0 spiro atoms. The van der Waals surface area contributed by atoms with Crippen LogP contribution < -0.4 is 5.32 Å². The van der Waals surface area contributed by atoms with Crippen LogP contribution in [0.1, 0.15) is 19.6 Å². The smallest absolute Gasteiger partial charge is 0.276 e. The first-order valence-corrected chi connectivity index (χ1v) is 9.97. The van der Waals surface area contributed by atoms with Gasteiger partial charge in [0.1, 0.15) is 5.76 Å². The quantitative estimate of drug-likeness (QED) is 0.831. The summed E-state index contributed by atoms with van der Waals surface area (Å²) in [6, 6.07) is 3.18. The summed E-state index contributed by atoms with van der Waals surface area (Å²) in [5.74, 6) is 1.91. The Bertz CT molecular complexity index is 585. The Balaban J connectivity index is 2.00. The summed E-state index contributed by atoms with van der Waals surface area (Å²) in [4.78, 5) is 0. The maximum absolute atomic E-state index is 12.4. The van der Waals surface area contributed by atoms with Crippen molar-refractivity contribution >= 4 is 20.8 Å². The second kappa shape index (κ2) is 7.04. The van der Waals surface area contributed by atoms with Crippen molar-refractivity contribution < 1.29 is 17.0 Å². The predicted octanol–water partition coefficient (Wildman–Crippen LogP) is 0.778. The minimum Gasteiger partial charge on any atom is -0.447 e. The Kier molecular flexibility index (Phi) is 5.59. The molecule has 0 saturated carbocycles. The van der Waals surface area contributed by atoms with Crippen LogP contribution in [-0.2, 0) is 27.4 Å². The van der Waals surface area contributed by atoms with Gasteiger partial charge in [-0.05, 0) is 24.6 Å². The molecule has 1 fully saturated rings. The van der Waals surface area contributed by atoms with Gasteiger partial charge in [-0.3, -0.25) is 4.21 Å². The van der Waals surface area contributed by atoms with Crippen LogP contribution in [0, 0.1) is 5.92 Å². The summed E-state index contributed by atoms with van der Waals surface area (Å²) in [5, 5.41) is 3.18. The van der Waals surface area contributed by atoms with Crippen LogP contribution in [0.15, 0.2) is 21.6 Å². The third-order valence-electron chi connectivity index (χ3n) is 3.22. The lowest BCUT2D eigenvalue weighted by molar-refractivity contribution is 0.369.